The molecule has 0 radical (unpaired) electrons. The fourth-order valence-corrected chi connectivity index (χ4v) is 4.69. The minimum absolute atomic E-state index is 0.0532. The Kier molecular flexibility index (Phi) is 5.77. The Morgan fingerprint density at radius 2 is 1.58 bits per heavy atom. The van der Waals surface area contributed by atoms with Crippen LogP contribution in [-0.4, -0.2) is 42.0 Å². The Morgan fingerprint density at radius 1 is 0.848 bits per heavy atom. The SMILES string of the molecule is Cc1ccc(-c2cc(C(=O)N3CCN(c4ccccc4Cl)CC3)c3ccccc3n2)cc1C. The van der Waals surface area contributed by atoms with Crippen LogP contribution in [0.5, 0.6) is 0 Å². The second-order valence-corrected chi connectivity index (χ2v) is 9.01. The minimum Gasteiger partial charge on any atom is -0.367 e. The van der Waals surface area contributed by atoms with Crippen LogP contribution in [-0.2, 0) is 0 Å². The molecule has 0 saturated carbocycles. The number of aryl methyl sites for hydroxylation is 2. The van der Waals surface area contributed by atoms with Crippen molar-refractivity contribution in [1.82, 2.24) is 9.88 Å². The average molecular weight is 456 g/mol. The van der Waals surface area contributed by atoms with Crippen molar-refractivity contribution in [3.05, 3.63) is 94.5 Å². The van der Waals surface area contributed by atoms with E-state index in [0.29, 0.717) is 18.7 Å². The summed E-state index contributed by atoms with van der Waals surface area (Å²) in [5.74, 6) is 0.0532. The van der Waals surface area contributed by atoms with Gasteiger partial charge in [-0.15, -0.1) is 0 Å². The molecule has 1 aromatic heterocycles. The number of carbonyl (C=O) groups excluding carboxylic acids is 1. The van der Waals surface area contributed by atoms with Gasteiger partial charge in [0.1, 0.15) is 0 Å². The summed E-state index contributed by atoms with van der Waals surface area (Å²) in [5, 5.41) is 1.64. The van der Waals surface area contributed by atoms with Crippen molar-refractivity contribution in [3.8, 4) is 11.3 Å². The van der Waals surface area contributed by atoms with Crippen LogP contribution < -0.4 is 4.90 Å². The average Bonchev–Trinajstić information content (AvgIpc) is 2.85. The van der Waals surface area contributed by atoms with Gasteiger partial charge in [-0.3, -0.25) is 4.79 Å². The van der Waals surface area contributed by atoms with Crippen LogP contribution in [0.3, 0.4) is 0 Å². The van der Waals surface area contributed by atoms with Crippen LogP contribution in [0.15, 0.2) is 72.8 Å². The van der Waals surface area contributed by atoms with Crippen LogP contribution in [0.4, 0.5) is 5.69 Å². The molecule has 0 unspecified atom stereocenters. The van der Waals surface area contributed by atoms with E-state index in [1.54, 1.807) is 0 Å². The molecule has 0 atom stereocenters. The van der Waals surface area contributed by atoms with Gasteiger partial charge in [-0.2, -0.15) is 0 Å². The lowest BCUT2D eigenvalue weighted by molar-refractivity contribution is 0.0749. The number of fused-ring (bicyclic) bond motifs is 1. The van der Waals surface area contributed by atoms with Gasteiger partial charge in [0.15, 0.2) is 0 Å². The van der Waals surface area contributed by atoms with Crippen LogP contribution in [0.1, 0.15) is 21.5 Å². The molecule has 166 valence electrons. The third-order valence-corrected chi connectivity index (χ3v) is 6.83. The predicted molar refractivity (Wildman–Crippen MR) is 136 cm³/mol. The van der Waals surface area contributed by atoms with E-state index >= 15 is 0 Å². The van der Waals surface area contributed by atoms with Crippen molar-refractivity contribution in [1.29, 1.82) is 0 Å². The highest BCUT2D eigenvalue weighted by atomic mass is 35.5. The molecule has 2 heterocycles. The molecule has 0 bridgehead atoms. The molecule has 1 fully saturated rings. The maximum Gasteiger partial charge on any atom is 0.254 e. The molecule has 1 aliphatic rings. The van der Waals surface area contributed by atoms with Gasteiger partial charge < -0.3 is 9.80 Å². The molecule has 33 heavy (non-hydrogen) atoms. The summed E-state index contributed by atoms with van der Waals surface area (Å²) in [5.41, 5.74) is 6.89. The van der Waals surface area contributed by atoms with E-state index in [0.717, 1.165) is 46.0 Å². The highest BCUT2D eigenvalue weighted by Crippen LogP contribution is 2.29. The zero-order valence-electron chi connectivity index (χ0n) is 18.9. The second-order valence-electron chi connectivity index (χ2n) is 8.60. The summed E-state index contributed by atoms with van der Waals surface area (Å²) in [6.07, 6.45) is 0. The Hall–Kier alpha value is -3.37. The van der Waals surface area contributed by atoms with Crippen LogP contribution in [0, 0.1) is 13.8 Å². The maximum atomic E-state index is 13.7. The first-order valence-electron chi connectivity index (χ1n) is 11.3. The van der Waals surface area contributed by atoms with Crippen molar-refractivity contribution in [2.45, 2.75) is 13.8 Å². The normalized spacial score (nSPS) is 14.0. The van der Waals surface area contributed by atoms with Crippen LogP contribution >= 0.6 is 11.6 Å². The summed E-state index contributed by atoms with van der Waals surface area (Å²) in [7, 11) is 0. The number of hydrogen-bond donors (Lipinski definition) is 0. The zero-order valence-corrected chi connectivity index (χ0v) is 19.6. The number of piperazine rings is 1. The van der Waals surface area contributed by atoms with E-state index in [-0.39, 0.29) is 5.91 Å². The quantitative estimate of drug-likeness (QED) is 0.372. The first-order chi connectivity index (χ1) is 16.0. The summed E-state index contributed by atoms with van der Waals surface area (Å²) >= 11 is 6.39. The van der Waals surface area contributed by atoms with Gasteiger partial charge in [-0.25, -0.2) is 4.98 Å². The highest BCUT2D eigenvalue weighted by molar-refractivity contribution is 6.33. The van der Waals surface area contributed by atoms with Crippen LogP contribution in [0.2, 0.25) is 5.02 Å². The summed E-state index contributed by atoms with van der Waals surface area (Å²) in [4.78, 5) is 22.7. The molecule has 3 aromatic carbocycles. The number of pyridine rings is 1. The lowest BCUT2D eigenvalue weighted by Gasteiger charge is -2.36. The van der Waals surface area contributed by atoms with Crippen LogP contribution in [0.25, 0.3) is 22.2 Å². The third-order valence-electron chi connectivity index (χ3n) is 6.51. The van der Waals surface area contributed by atoms with E-state index < -0.39 is 0 Å². The van der Waals surface area contributed by atoms with Gasteiger partial charge in [0.2, 0.25) is 0 Å². The van der Waals surface area contributed by atoms with E-state index in [4.69, 9.17) is 16.6 Å². The van der Waals surface area contributed by atoms with E-state index in [1.807, 2.05) is 59.5 Å². The van der Waals surface area contributed by atoms with Gasteiger partial charge in [0.05, 0.1) is 27.5 Å². The van der Waals surface area contributed by atoms with Gasteiger partial charge in [0.25, 0.3) is 5.91 Å². The molecule has 0 N–H and O–H groups in total. The molecule has 4 aromatic rings. The highest BCUT2D eigenvalue weighted by Gasteiger charge is 2.25. The number of halogens is 1. The Morgan fingerprint density at radius 3 is 2.33 bits per heavy atom. The number of aromatic nitrogens is 1. The summed E-state index contributed by atoms with van der Waals surface area (Å²) in [6, 6.07) is 24.1. The standard InChI is InChI=1S/C28H26ClN3O/c1-19-11-12-21(17-20(19)2)26-18-23(22-7-3-5-9-25(22)30-26)28(33)32-15-13-31(14-16-32)27-10-6-4-8-24(27)29/h3-12,17-18H,13-16H2,1-2H3. The van der Waals surface area contributed by atoms with Gasteiger partial charge in [-0.1, -0.05) is 54.1 Å². The first-order valence-corrected chi connectivity index (χ1v) is 11.7. The molecular weight excluding hydrogens is 430 g/mol. The largest absolute Gasteiger partial charge is 0.367 e. The van der Waals surface area contributed by atoms with Crippen molar-refractivity contribution in [3.63, 3.8) is 0 Å². The number of hydrogen-bond acceptors (Lipinski definition) is 3. The smallest absolute Gasteiger partial charge is 0.254 e. The van der Waals surface area contributed by atoms with Crippen molar-refractivity contribution >= 4 is 34.1 Å². The van der Waals surface area contributed by atoms with Gasteiger partial charge in [0, 0.05) is 37.1 Å². The number of anilines is 1. The minimum atomic E-state index is 0.0532. The Labute approximate surface area is 199 Å². The Bertz CT molecular complexity index is 1340. The van der Waals surface area contributed by atoms with E-state index in [1.165, 1.54) is 11.1 Å². The molecule has 1 saturated heterocycles. The number of amides is 1. The number of nitrogens with zero attached hydrogens (tertiary/aromatic N) is 3. The first kappa shape index (κ1) is 21.5. The molecule has 5 rings (SSSR count). The van der Waals surface area contributed by atoms with Crippen molar-refractivity contribution < 1.29 is 4.79 Å². The summed E-state index contributed by atoms with van der Waals surface area (Å²) in [6.45, 7) is 7.01. The third kappa shape index (κ3) is 4.19. The molecule has 0 spiro atoms. The maximum absolute atomic E-state index is 13.7. The molecule has 1 aliphatic heterocycles. The lowest BCUT2D eigenvalue weighted by atomic mass is 10.00. The number of benzene rings is 3. The Balaban J connectivity index is 1.46. The van der Waals surface area contributed by atoms with Crippen molar-refractivity contribution in [2.75, 3.05) is 31.1 Å². The van der Waals surface area contributed by atoms with E-state index in [9.17, 15) is 4.79 Å². The van der Waals surface area contributed by atoms with Gasteiger partial charge in [-0.05, 0) is 55.3 Å². The lowest BCUT2D eigenvalue weighted by Crippen LogP contribution is -2.49. The van der Waals surface area contributed by atoms with Gasteiger partial charge >= 0.3 is 0 Å². The van der Waals surface area contributed by atoms with E-state index in [2.05, 4.69) is 36.9 Å². The fourth-order valence-electron chi connectivity index (χ4n) is 4.43. The monoisotopic (exact) mass is 455 g/mol. The number of rotatable bonds is 3. The van der Waals surface area contributed by atoms with Crippen molar-refractivity contribution in [2.24, 2.45) is 0 Å². The molecule has 0 aliphatic carbocycles. The second kappa shape index (κ2) is 8.87. The zero-order chi connectivity index (χ0) is 22.9. The number of para-hydroxylation sites is 2. The summed E-state index contributed by atoms with van der Waals surface area (Å²) < 4.78 is 0. The topological polar surface area (TPSA) is 36.4 Å². The fraction of sp³-hybridized carbons (Fsp3) is 0.214. The predicted octanol–water partition coefficient (Wildman–Crippen LogP) is 6.13. The molecule has 1 amide bonds. The molecule has 4 nitrogen and oxygen atoms in total. The number of carbonyl (C=O) groups is 1. The molecular formula is C28H26ClN3O. The molecule has 5 heteroatoms.